The summed E-state index contributed by atoms with van der Waals surface area (Å²) in [4.78, 5) is 78.6. The zero-order valence-electron chi connectivity index (χ0n) is 21.7. The largest absolute Gasteiger partial charge is 0.507 e. The molecule has 2 unspecified atom stereocenters. The highest BCUT2D eigenvalue weighted by Gasteiger charge is 2.66. The molecule has 5 rings (SSSR count). The van der Waals surface area contributed by atoms with Gasteiger partial charge in [-0.2, -0.15) is 0 Å². The maximum atomic E-state index is 14.0. The molecule has 0 heterocycles. The summed E-state index contributed by atoms with van der Waals surface area (Å²) in [7, 11) is 3.55. The SMILES string of the molecule is CC(=O)c1ccc(-c2cc(N(C)C)c3c(c2O)C(=O)C2C(=O)[C@]4(O)C(=O)C(C(N)=O)C(=O)C[C@@H]4C[C@@H]2C3)cc1. The molecule has 3 aliphatic carbocycles. The third kappa shape index (κ3) is 3.73. The van der Waals surface area contributed by atoms with Gasteiger partial charge in [0.15, 0.2) is 40.4 Å². The van der Waals surface area contributed by atoms with Gasteiger partial charge in [0.2, 0.25) is 5.91 Å². The lowest BCUT2D eigenvalue weighted by Gasteiger charge is -2.48. The number of amides is 1. The van der Waals surface area contributed by atoms with Gasteiger partial charge in [-0.3, -0.25) is 28.8 Å². The van der Waals surface area contributed by atoms with E-state index in [1.165, 1.54) is 6.92 Å². The van der Waals surface area contributed by atoms with E-state index in [9.17, 15) is 39.0 Å². The van der Waals surface area contributed by atoms with Gasteiger partial charge in [0.25, 0.3) is 0 Å². The lowest BCUT2D eigenvalue weighted by Crippen LogP contribution is -2.68. The van der Waals surface area contributed by atoms with Crippen molar-refractivity contribution in [1.82, 2.24) is 0 Å². The van der Waals surface area contributed by atoms with Crippen LogP contribution in [0.2, 0.25) is 0 Å². The van der Waals surface area contributed by atoms with Gasteiger partial charge in [0.1, 0.15) is 5.75 Å². The van der Waals surface area contributed by atoms with Crippen molar-refractivity contribution >= 4 is 40.5 Å². The maximum absolute atomic E-state index is 14.0. The first-order valence-corrected chi connectivity index (χ1v) is 12.6. The second-order valence-corrected chi connectivity index (χ2v) is 10.9. The van der Waals surface area contributed by atoms with Crippen molar-refractivity contribution in [3.63, 3.8) is 0 Å². The molecule has 202 valence electrons. The van der Waals surface area contributed by atoms with E-state index in [0.717, 1.165) is 0 Å². The molecule has 10 heteroatoms. The van der Waals surface area contributed by atoms with E-state index in [1.807, 2.05) is 0 Å². The highest BCUT2D eigenvalue weighted by Crippen LogP contribution is 2.52. The number of benzene rings is 2. The van der Waals surface area contributed by atoms with Crippen LogP contribution in [-0.2, 0) is 25.6 Å². The monoisotopic (exact) mass is 532 g/mol. The number of ketones is 5. The number of Topliss-reactive ketones (excluding diaryl/α,β-unsaturated/α-hetero) is 5. The summed E-state index contributed by atoms with van der Waals surface area (Å²) in [6.45, 7) is 1.43. The number of phenols is 1. The molecule has 4 N–H and O–H groups in total. The van der Waals surface area contributed by atoms with Crippen molar-refractivity contribution in [2.45, 2.75) is 31.8 Å². The number of rotatable bonds is 4. The average Bonchev–Trinajstić information content (AvgIpc) is 2.86. The van der Waals surface area contributed by atoms with Gasteiger partial charge in [0, 0.05) is 43.2 Å². The number of anilines is 1. The van der Waals surface area contributed by atoms with Crippen molar-refractivity contribution in [1.29, 1.82) is 0 Å². The van der Waals surface area contributed by atoms with Crippen LogP contribution in [-0.4, -0.2) is 64.7 Å². The van der Waals surface area contributed by atoms with Crippen molar-refractivity contribution in [3.05, 3.63) is 47.0 Å². The number of carbonyl (C=O) groups is 6. The van der Waals surface area contributed by atoms with Crippen LogP contribution in [0.4, 0.5) is 5.69 Å². The van der Waals surface area contributed by atoms with Gasteiger partial charge in [-0.1, -0.05) is 24.3 Å². The van der Waals surface area contributed by atoms with Crippen molar-refractivity contribution < 1.29 is 39.0 Å². The van der Waals surface area contributed by atoms with Crippen LogP contribution < -0.4 is 10.6 Å². The summed E-state index contributed by atoms with van der Waals surface area (Å²) in [6.07, 6.45) is -0.161. The molecule has 0 spiro atoms. The summed E-state index contributed by atoms with van der Waals surface area (Å²) in [6, 6.07) is 8.24. The number of primary amides is 1. The Morgan fingerprint density at radius 3 is 2.23 bits per heavy atom. The number of fused-ring (bicyclic) bond motifs is 3. The lowest BCUT2D eigenvalue weighted by atomic mass is 9.53. The second kappa shape index (κ2) is 8.94. The van der Waals surface area contributed by atoms with E-state index in [2.05, 4.69) is 0 Å². The standard InChI is InChI=1S/C29H28N2O8/c1-12(32)13-4-6-14(7-5-13)17-11-19(31(2)3)18-9-15-8-16-10-20(33)23(28(30)38)27(37)29(16,39)26(36)21(15)25(35)22(18)24(17)34/h4-7,11,15-16,21,23,34,39H,8-10H2,1-3H3,(H2,30,38)/t15-,16+,21?,23?,29+/m1/s1. The Kier molecular flexibility index (Phi) is 6.06. The van der Waals surface area contributed by atoms with Gasteiger partial charge < -0.3 is 20.8 Å². The molecule has 0 aromatic heterocycles. The Morgan fingerprint density at radius 1 is 1.03 bits per heavy atom. The summed E-state index contributed by atoms with van der Waals surface area (Å²) >= 11 is 0. The molecule has 3 aliphatic rings. The zero-order valence-corrected chi connectivity index (χ0v) is 21.7. The quantitative estimate of drug-likeness (QED) is 0.387. The van der Waals surface area contributed by atoms with Crippen LogP contribution in [0.15, 0.2) is 30.3 Å². The smallest absolute Gasteiger partial charge is 0.235 e. The number of nitrogens with two attached hydrogens (primary N) is 1. The predicted octanol–water partition coefficient (Wildman–Crippen LogP) is 1.26. The van der Waals surface area contributed by atoms with Crippen molar-refractivity contribution in [2.75, 3.05) is 19.0 Å². The van der Waals surface area contributed by atoms with Crippen LogP contribution in [0.25, 0.3) is 11.1 Å². The number of carbonyl (C=O) groups excluding carboxylic acids is 6. The number of hydrogen-bond donors (Lipinski definition) is 3. The van der Waals surface area contributed by atoms with E-state index in [0.29, 0.717) is 27.9 Å². The Bertz CT molecular complexity index is 1490. The fourth-order valence-electron chi connectivity index (χ4n) is 6.52. The highest BCUT2D eigenvalue weighted by atomic mass is 16.3. The molecule has 1 amide bonds. The number of nitrogens with zero attached hydrogens (tertiary/aromatic N) is 1. The molecule has 2 aromatic carbocycles. The van der Waals surface area contributed by atoms with Gasteiger partial charge in [-0.15, -0.1) is 0 Å². The van der Waals surface area contributed by atoms with Crippen LogP contribution in [0.5, 0.6) is 5.75 Å². The Morgan fingerprint density at radius 2 is 1.67 bits per heavy atom. The molecule has 39 heavy (non-hydrogen) atoms. The summed E-state index contributed by atoms with van der Waals surface area (Å²) in [5.74, 6) is -10.6. The molecule has 5 atom stereocenters. The van der Waals surface area contributed by atoms with E-state index >= 15 is 0 Å². The minimum atomic E-state index is -2.69. The normalized spacial score (nSPS) is 27.9. The molecule has 2 saturated carbocycles. The fourth-order valence-corrected chi connectivity index (χ4v) is 6.52. The van der Waals surface area contributed by atoms with Crippen molar-refractivity contribution in [3.8, 4) is 16.9 Å². The second-order valence-electron chi connectivity index (χ2n) is 10.9. The summed E-state index contributed by atoms with van der Waals surface area (Å²) in [5, 5.41) is 22.7. The Hall–Kier alpha value is -4.18. The predicted molar refractivity (Wildman–Crippen MR) is 138 cm³/mol. The molecule has 2 aromatic rings. The summed E-state index contributed by atoms with van der Waals surface area (Å²) in [5.41, 5.74) is 4.95. The molecule has 0 radical (unpaired) electrons. The van der Waals surface area contributed by atoms with E-state index in [4.69, 9.17) is 5.73 Å². The number of aromatic hydroxyl groups is 1. The number of aliphatic hydroxyl groups is 1. The zero-order chi connectivity index (χ0) is 28.5. The third-order valence-electron chi connectivity index (χ3n) is 8.46. The molecule has 0 bridgehead atoms. The molecule has 10 nitrogen and oxygen atoms in total. The molecule has 0 saturated heterocycles. The fraction of sp³-hybridized carbons (Fsp3) is 0.379. The van der Waals surface area contributed by atoms with Crippen molar-refractivity contribution in [2.24, 2.45) is 29.4 Å². The molecular weight excluding hydrogens is 504 g/mol. The topological polar surface area (TPSA) is 172 Å². The van der Waals surface area contributed by atoms with Crippen LogP contribution in [0.3, 0.4) is 0 Å². The van der Waals surface area contributed by atoms with E-state index < -0.39 is 58.3 Å². The van der Waals surface area contributed by atoms with Crippen LogP contribution in [0, 0.1) is 23.7 Å². The first-order valence-electron chi connectivity index (χ1n) is 12.6. The number of phenolic OH excluding ortho intramolecular Hbond substituents is 1. The Balaban J connectivity index is 1.64. The van der Waals surface area contributed by atoms with Gasteiger partial charge in [-0.05, 0) is 42.9 Å². The highest BCUT2D eigenvalue weighted by molar-refractivity contribution is 6.31. The summed E-state index contributed by atoms with van der Waals surface area (Å²) < 4.78 is 0. The first kappa shape index (κ1) is 26.4. The van der Waals surface area contributed by atoms with Crippen LogP contribution in [0.1, 0.15) is 46.0 Å². The van der Waals surface area contributed by atoms with Gasteiger partial charge in [-0.25, -0.2) is 0 Å². The molecular formula is C29H28N2O8. The van der Waals surface area contributed by atoms with E-state index in [-0.39, 0.29) is 36.4 Å². The lowest BCUT2D eigenvalue weighted by molar-refractivity contribution is -0.175. The average molecular weight is 533 g/mol. The third-order valence-corrected chi connectivity index (χ3v) is 8.46. The minimum absolute atomic E-state index is 0.0307. The molecule has 2 fully saturated rings. The first-order chi connectivity index (χ1) is 18.3. The molecule has 0 aliphatic heterocycles. The van der Waals surface area contributed by atoms with E-state index in [1.54, 1.807) is 49.3 Å². The maximum Gasteiger partial charge on any atom is 0.235 e. The minimum Gasteiger partial charge on any atom is -0.507 e. The van der Waals surface area contributed by atoms with Crippen LogP contribution >= 0.6 is 0 Å². The Labute approximate surface area is 223 Å². The van der Waals surface area contributed by atoms with Gasteiger partial charge in [0.05, 0.1) is 11.5 Å². The van der Waals surface area contributed by atoms with Gasteiger partial charge >= 0.3 is 0 Å². The number of hydrogen-bond acceptors (Lipinski definition) is 9.